The summed E-state index contributed by atoms with van der Waals surface area (Å²) in [5.74, 6) is -0.0159. The second-order valence-corrected chi connectivity index (χ2v) is 5.33. The zero-order valence-electron chi connectivity index (χ0n) is 12.0. The van der Waals surface area contributed by atoms with Gasteiger partial charge in [0.1, 0.15) is 0 Å². The van der Waals surface area contributed by atoms with Crippen LogP contribution in [-0.4, -0.2) is 37.4 Å². The monoisotopic (exact) mass is 278 g/mol. The summed E-state index contributed by atoms with van der Waals surface area (Å²) in [7, 11) is 1.35. The standard InChI is InChI=1S/C15H22N2O3/c1-10(18)11-5-7-17(8-6-11)14-4-3-12(9-13(14)16)15(19)20-2/h3-4,9-11,18H,5-8,16H2,1-2H3. The lowest BCUT2D eigenvalue weighted by Gasteiger charge is -2.35. The van der Waals surface area contributed by atoms with Crippen molar-refractivity contribution in [1.29, 1.82) is 0 Å². The molecule has 1 heterocycles. The van der Waals surface area contributed by atoms with E-state index in [9.17, 15) is 9.90 Å². The normalized spacial score (nSPS) is 17.9. The number of esters is 1. The van der Waals surface area contributed by atoms with Crippen LogP contribution in [-0.2, 0) is 4.74 Å². The van der Waals surface area contributed by atoms with Gasteiger partial charge in [0.05, 0.1) is 30.2 Å². The van der Waals surface area contributed by atoms with Crippen molar-refractivity contribution in [2.75, 3.05) is 30.8 Å². The van der Waals surface area contributed by atoms with Crippen LogP contribution in [0.4, 0.5) is 11.4 Å². The molecule has 0 spiro atoms. The molecule has 2 rings (SSSR count). The van der Waals surface area contributed by atoms with Gasteiger partial charge in [-0.05, 0) is 43.9 Å². The van der Waals surface area contributed by atoms with Crippen LogP contribution >= 0.6 is 0 Å². The number of piperidine rings is 1. The Balaban J connectivity index is 2.09. The number of methoxy groups -OCH3 is 1. The fraction of sp³-hybridized carbons (Fsp3) is 0.533. The number of benzene rings is 1. The molecule has 1 atom stereocenters. The molecule has 1 aliphatic rings. The smallest absolute Gasteiger partial charge is 0.337 e. The van der Waals surface area contributed by atoms with Crippen LogP contribution in [0.1, 0.15) is 30.1 Å². The van der Waals surface area contributed by atoms with Gasteiger partial charge in [0.15, 0.2) is 0 Å². The van der Waals surface area contributed by atoms with Gasteiger partial charge in [-0.15, -0.1) is 0 Å². The SMILES string of the molecule is COC(=O)c1ccc(N2CCC(C(C)O)CC2)c(N)c1. The highest BCUT2D eigenvalue weighted by Crippen LogP contribution is 2.30. The van der Waals surface area contributed by atoms with E-state index in [0.29, 0.717) is 17.2 Å². The maximum absolute atomic E-state index is 11.5. The summed E-state index contributed by atoms with van der Waals surface area (Å²) in [6, 6.07) is 5.25. The Morgan fingerprint density at radius 2 is 2.10 bits per heavy atom. The maximum Gasteiger partial charge on any atom is 0.337 e. The predicted molar refractivity (Wildman–Crippen MR) is 78.8 cm³/mol. The van der Waals surface area contributed by atoms with Crippen molar-refractivity contribution in [1.82, 2.24) is 0 Å². The van der Waals surface area contributed by atoms with Gasteiger partial charge in [0, 0.05) is 13.1 Å². The lowest BCUT2D eigenvalue weighted by molar-refractivity contribution is 0.0600. The Hall–Kier alpha value is -1.75. The van der Waals surface area contributed by atoms with E-state index in [4.69, 9.17) is 5.73 Å². The predicted octanol–water partition coefficient (Wildman–Crippen LogP) is 1.65. The van der Waals surface area contributed by atoms with Crippen LogP contribution in [0.3, 0.4) is 0 Å². The molecular formula is C15H22N2O3. The molecule has 20 heavy (non-hydrogen) atoms. The third-order valence-corrected chi connectivity index (χ3v) is 4.01. The molecular weight excluding hydrogens is 256 g/mol. The molecule has 110 valence electrons. The number of aliphatic hydroxyl groups is 1. The van der Waals surface area contributed by atoms with Crippen LogP contribution in [0.5, 0.6) is 0 Å². The van der Waals surface area contributed by atoms with E-state index in [2.05, 4.69) is 9.64 Å². The van der Waals surface area contributed by atoms with Crippen molar-refractivity contribution in [3.63, 3.8) is 0 Å². The third kappa shape index (κ3) is 3.04. The van der Waals surface area contributed by atoms with Crippen LogP contribution in [0.2, 0.25) is 0 Å². The number of anilines is 2. The van der Waals surface area contributed by atoms with Crippen molar-refractivity contribution in [2.45, 2.75) is 25.9 Å². The molecule has 0 radical (unpaired) electrons. The highest BCUT2D eigenvalue weighted by molar-refractivity contribution is 5.91. The number of hydrogen-bond donors (Lipinski definition) is 2. The lowest BCUT2D eigenvalue weighted by Crippen LogP contribution is -2.37. The number of rotatable bonds is 3. The summed E-state index contributed by atoms with van der Waals surface area (Å²) in [6.07, 6.45) is 1.65. The Bertz CT molecular complexity index is 480. The van der Waals surface area contributed by atoms with E-state index in [0.717, 1.165) is 31.6 Å². The van der Waals surface area contributed by atoms with Crippen molar-refractivity contribution in [2.24, 2.45) is 5.92 Å². The first-order valence-electron chi connectivity index (χ1n) is 6.93. The number of nitrogen functional groups attached to an aromatic ring is 1. The van der Waals surface area contributed by atoms with Crippen LogP contribution in [0.15, 0.2) is 18.2 Å². The molecule has 0 bridgehead atoms. The van der Waals surface area contributed by atoms with E-state index >= 15 is 0 Å². The number of ether oxygens (including phenoxy) is 1. The number of aliphatic hydroxyl groups excluding tert-OH is 1. The summed E-state index contributed by atoms with van der Waals surface area (Å²) in [5.41, 5.74) is 8.04. The molecule has 1 unspecified atom stereocenters. The van der Waals surface area contributed by atoms with Gasteiger partial charge in [-0.25, -0.2) is 4.79 Å². The van der Waals surface area contributed by atoms with Crippen LogP contribution < -0.4 is 10.6 Å². The molecule has 1 aromatic carbocycles. The summed E-state index contributed by atoms with van der Waals surface area (Å²) in [4.78, 5) is 13.7. The lowest BCUT2D eigenvalue weighted by atomic mass is 9.92. The summed E-state index contributed by atoms with van der Waals surface area (Å²) >= 11 is 0. The van der Waals surface area contributed by atoms with E-state index in [1.165, 1.54) is 7.11 Å². The van der Waals surface area contributed by atoms with E-state index in [1.807, 2.05) is 13.0 Å². The second kappa shape index (κ2) is 6.13. The van der Waals surface area contributed by atoms with Crippen molar-refractivity contribution < 1.29 is 14.6 Å². The van der Waals surface area contributed by atoms with Crippen molar-refractivity contribution in [3.05, 3.63) is 23.8 Å². The number of carbonyl (C=O) groups excluding carboxylic acids is 1. The van der Waals surface area contributed by atoms with Gasteiger partial charge < -0.3 is 20.5 Å². The van der Waals surface area contributed by atoms with Crippen LogP contribution in [0.25, 0.3) is 0 Å². The van der Waals surface area contributed by atoms with Gasteiger partial charge in [-0.3, -0.25) is 0 Å². The molecule has 1 fully saturated rings. The summed E-state index contributed by atoms with van der Waals surface area (Å²) < 4.78 is 4.68. The molecule has 3 N–H and O–H groups in total. The number of hydrogen-bond acceptors (Lipinski definition) is 5. The average Bonchev–Trinajstić information content (AvgIpc) is 2.46. The number of nitrogens with zero attached hydrogens (tertiary/aromatic N) is 1. The van der Waals surface area contributed by atoms with Gasteiger partial charge in [0.25, 0.3) is 0 Å². The quantitative estimate of drug-likeness (QED) is 0.649. The Morgan fingerprint density at radius 3 is 2.60 bits per heavy atom. The van der Waals surface area contributed by atoms with E-state index < -0.39 is 0 Å². The fourth-order valence-corrected chi connectivity index (χ4v) is 2.71. The molecule has 1 aliphatic heterocycles. The molecule has 0 saturated carbocycles. The minimum absolute atomic E-state index is 0.254. The second-order valence-electron chi connectivity index (χ2n) is 5.33. The van der Waals surface area contributed by atoms with Gasteiger partial charge in [0.2, 0.25) is 0 Å². The largest absolute Gasteiger partial charge is 0.465 e. The van der Waals surface area contributed by atoms with Gasteiger partial charge in [-0.2, -0.15) is 0 Å². The van der Waals surface area contributed by atoms with Crippen molar-refractivity contribution in [3.8, 4) is 0 Å². The maximum atomic E-state index is 11.5. The van der Waals surface area contributed by atoms with Crippen molar-refractivity contribution >= 4 is 17.3 Å². The van der Waals surface area contributed by atoms with Crippen LogP contribution in [0, 0.1) is 5.92 Å². The first kappa shape index (κ1) is 14.7. The fourth-order valence-electron chi connectivity index (χ4n) is 2.71. The first-order chi connectivity index (χ1) is 9.52. The molecule has 5 nitrogen and oxygen atoms in total. The molecule has 0 aliphatic carbocycles. The number of carbonyl (C=O) groups is 1. The molecule has 0 amide bonds. The molecule has 1 saturated heterocycles. The summed E-state index contributed by atoms with van der Waals surface area (Å²) in [5, 5.41) is 9.62. The summed E-state index contributed by atoms with van der Waals surface area (Å²) in [6.45, 7) is 3.59. The highest BCUT2D eigenvalue weighted by atomic mass is 16.5. The first-order valence-corrected chi connectivity index (χ1v) is 6.93. The average molecular weight is 278 g/mol. The molecule has 1 aromatic rings. The minimum Gasteiger partial charge on any atom is -0.465 e. The van der Waals surface area contributed by atoms with Gasteiger partial charge in [-0.1, -0.05) is 0 Å². The Labute approximate surface area is 119 Å². The van der Waals surface area contributed by atoms with E-state index in [-0.39, 0.29) is 12.1 Å². The zero-order chi connectivity index (χ0) is 14.7. The zero-order valence-corrected chi connectivity index (χ0v) is 12.0. The molecule has 0 aromatic heterocycles. The minimum atomic E-state index is -0.379. The Morgan fingerprint density at radius 1 is 1.45 bits per heavy atom. The van der Waals surface area contributed by atoms with E-state index in [1.54, 1.807) is 12.1 Å². The highest BCUT2D eigenvalue weighted by Gasteiger charge is 2.23. The molecule has 5 heteroatoms. The topological polar surface area (TPSA) is 75.8 Å². The van der Waals surface area contributed by atoms with Gasteiger partial charge >= 0.3 is 5.97 Å². The number of nitrogens with two attached hydrogens (primary N) is 1. The Kier molecular flexibility index (Phi) is 4.49. The third-order valence-electron chi connectivity index (χ3n) is 4.01.